The molecule has 1 unspecified atom stereocenters. The molecule has 2 aromatic rings. The Morgan fingerprint density at radius 3 is 2.84 bits per heavy atom. The largest absolute Gasteiger partial charge is 0.344 e. The van der Waals surface area contributed by atoms with Crippen LogP contribution in [0.15, 0.2) is 34.9 Å². The van der Waals surface area contributed by atoms with E-state index in [0.717, 1.165) is 5.56 Å². The molecule has 0 aliphatic carbocycles. The van der Waals surface area contributed by atoms with Crippen molar-refractivity contribution in [2.75, 3.05) is 5.88 Å². The van der Waals surface area contributed by atoms with Crippen molar-refractivity contribution in [2.24, 2.45) is 0 Å². The van der Waals surface area contributed by atoms with E-state index in [9.17, 15) is 4.79 Å². The van der Waals surface area contributed by atoms with E-state index in [2.05, 4.69) is 15.5 Å². The number of halogens is 1. The van der Waals surface area contributed by atoms with Gasteiger partial charge in [-0.25, -0.2) is 0 Å². The third-order valence-electron chi connectivity index (χ3n) is 2.56. The fourth-order valence-electron chi connectivity index (χ4n) is 1.64. The molecular formula is C13H14ClN3O2. The van der Waals surface area contributed by atoms with Gasteiger partial charge in [-0.1, -0.05) is 35.5 Å². The van der Waals surface area contributed by atoms with Crippen molar-refractivity contribution in [3.8, 4) is 0 Å². The first-order valence-electron chi connectivity index (χ1n) is 5.90. The molecule has 0 saturated heterocycles. The fraction of sp³-hybridized carbons (Fsp3) is 0.308. The van der Waals surface area contributed by atoms with Crippen molar-refractivity contribution in [1.82, 2.24) is 15.5 Å². The van der Waals surface area contributed by atoms with Gasteiger partial charge in [0.25, 0.3) is 0 Å². The molecule has 2 rings (SSSR count). The van der Waals surface area contributed by atoms with Crippen molar-refractivity contribution in [2.45, 2.75) is 19.4 Å². The molecule has 1 aromatic carbocycles. The summed E-state index contributed by atoms with van der Waals surface area (Å²) in [5.41, 5.74) is 1.10. The number of hydrogen-bond acceptors (Lipinski definition) is 4. The second-order valence-corrected chi connectivity index (χ2v) is 4.40. The lowest BCUT2D eigenvalue weighted by molar-refractivity contribution is -0.119. The van der Waals surface area contributed by atoms with E-state index in [-0.39, 0.29) is 17.8 Å². The van der Waals surface area contributed by atoms with Gasteiger partial charge in [-0.3, -0.25) is 4.79 Å². The quantitative estimate of drug-likeness (QED) is 0.851. The molecule has 0 bridgehead atoms. The van der Waals surface area contributed by atoms with Crippen LogP contribution in [0.3, 0.4) is 0 Å². The minimum absolute atomic E-state index is 0.0879. The van der Waals surface area contributed by atoms with E-state index in [1.165, 1.54) is 0 Å². The summed E-state index contributed by atoms with van der Waals surface area (Å²) in [5, 5.41) is 6.55. The van der Waals surface area contributed by atoms with Crippen molar-refractivity contribution >= 4 is 17.5 Å². The molecule has 1 atom stereocenters. The molecular weight excluding hydrogens is 266 g/mol. The van der Waals surface area contributed by atoms with Crippen molar-refractivity contribution in [3.63, 3.8) is 0 Å². The third kappa shape index (κ3) is 3.79. The third-order valence-corrected chi connectivity index (χ3v) is 2.80. The van der Waals surface area contributed by atoms with Crippen molar-refractivity contribution in [3.05, 3.63) is 47.6 Å². The SMILES string of the molecule is CC(NC(=O)CCl)c1nc(Cc2ccccc2)no1. The topological polar surface area (TPSA) is 68.0 Å². The smallest absolute Gasteiger partial charge is 0.248 e. The van der Waals surface area contributed by atoms with Crippen LogP contribution in [-0.2, 0) is 11.2 Å². The molecule has 0 saturated carbocycles. The number of rotatable bonds is 5. The molecule has 1 aromatic heterocycles. The number of nitrogens with zero attached hydrogens (tertiary/aromatic N) is 2. The molecule has 1 heterocycles. The standard InChI is InChI=1S/C13H14ClN3O2/c1-9(15-12(18)8-14)13-16-11(17-19-13)7-10-5-3-2-4-6-10/h2-6,9H,7-8H2,1H3,(H,15,18). The lowest BCUT2D eigenvalue weighted by Gasteiger charge is -2.06. The summed E-state index contributed by atoms with van der Waals surface area (Å²) in [7, 11) is 0. The van der Waals surface area contributed by atoms with Gasteiger partial charge in [0.2, 0.25) is 11.8 Å². The maximum absolute atomic E-state index is 11.2. The zero-order valence-electron chi connectivity index (χ0n) is 10.5. The Bertz CT molecular complexity index is 542. The molecule has 0 aliphatic rings. The highest BCUT2D eigenvalue weighted by atomic mass is 35.5. The summed E-state index contributed by atoms with van der Waals surface area (Å²) in [6.45, 7) is 1.77. The molecule has 0 radical (unpaired) electrons. The molecule has 1 amide bonds. The van der Waals surface area contributed by atoms with Gasteiger partial charge < -0.3 is 9.84 Å². The zero-order valence-corrected chi connectivity index (χ0v) is 11.2. The minimum atomic E-state index is -0.344. The van der Waals surface area contributed by atoms with Gasteiger partial charge in [0, 0.05) is 6.42 Å². The molecule has 0 spiro atoms. The zero-order chi connectivity index (χ0) is 13.7. The Morgan fingerprint density at radius 1 is 1.42 bits per heavy atom. The number of carbonyl (C=O) groups excluding carboxylic acids is 1. The first-order chi connectivity index (χ1) is 9.19. The highest BCUT2D eigenvalue weighted by Gasteiger charge is 2.16. The summed E-state index contributed by atoms with van der Waals surface area (Å²) in [4.78, 5) is 15.4. The first kappa shape index (κ1) is 13.5. The van der Waals surface area contributed by atoms with Gasteiger partial charge in [0.05, 0.1) is 0 Å². The molecule has 0 fully saturated rings. The average molecular weight is 280 g/mol. The number of amides is 1. The second kappa shape index (κ2) is 6.33. The Morgan fingerprint density at radius 2 is 2.16 bits per heavy atom. The van der Waals surface area contributed by atoms with Crippen LogP contribution in [0.4, 0.5) is 0 Å². The van der Waals surface area contributed by atoms with Crippen LogP contribution in [0.2, 0.25) is 0 Å². The van der Waals surface area contributed by atoms with E-state index in [1.54, 1.807) is 6.92 Å². The number of alkyl halides is 1. The fourth-order valence-corrected chi connectivity index (χ4v) is 1.71. The lowest BCUT2D eigenvalue weighted by Crippen LogP contribution is -2.27. The summed E-state index contributed by atoms with van der Waals surface area (Å²) in [6, 6.07) is 9.51. The van der Waals surface area contributed by atoms with Gasteiger partial charge in [-0.2, -0.15) is 4.98 Å². The predicted molar refractivity (Wildman–Crippen MR) is 70.8 cm³/mol. The van der Waals surface area contributed by atoms with E-state index < -0.39 is 0 Å². The van der Waals surface area contributed by atoms with Crippen LogP contribution in [0.25, 0.3) is 0 Å². The molecule has 6 heteroatoms. The minimum Gasteiger partial charge on any atom is -0.344 e. The van der Waals surface area contributed by atoms with Gasteiger partial charge >= 0.3 is 0 Å². The van der Waals surface area contributed by atoms with Gasteiger partial charge in [-0.15, -0.1) is 11.6 Å². The van der Waals surface area contributed by atoms with Crippen LogP contribution in [0, 0.1) is 0 Å². The van der Waals surface area contributed by atoms with E-state index in [0.29, 0.717) is 18.1 Å². The van der Waals surface area contributed by atoms with Crippen LogP contribution in [0.1, 0.15) is 30.2 Å². The molecule has 1 N–H and O–H groups in total. The highest BCUT2D eigenvalue weighted by molar-refractivity contribution is 6.27. The Balaban J connectivity index is 2.01. The van der Waals surface area contributed by atoms with Gasteiger partial charge in [0.15, 0.2) is 5.82 Å². The van der Waals surface area contributed by atoms with E-state index in [1.807, 2.05) is 30.3 Å². The summed E-state index contributed by atoms with van der Waals surface area (Å²) < 4.78 is 5.13. The van der Waals surface area contributed by atoms with E-state index >= 15 is 0 Å². The molecule has 19 heavy (non-hydrogen) atoms. The predicted octanol–water partition coefficient (Wildman–Crippen LogP) is 2.08. The molecule has 0 aliphatic heterocycles. The maximum Gasteiger partial charge on any atom is 0.248 e. The van der Waals surface area contributed by atoms with Gasteiger partial charge in [0.1, 0.15) is 11.9 Å². The maximum atomic E-state index is 11.2. The Kier molecular flexibility index (Phi) is 4.52. The average Bonchev–Trinajstić information content (AvgIpc) is 2.88. The van der Waals surface area contributed by atoms with Crippen LogP contribution >= 0.6 is 11.6 Å². The lowest BCUT2D eigenvalue weighted by atomic mass is 10.1. The first-order valence-corrected chi connectivity index (χ1v) is 6.44. The Hall–Kier alpha value is -1.88. The Labute approximate surface area is 116 Å². The number of nitrogens with one attached hydrogen (secondary N) is 1. The summed E-state index contributed by atoms with van der Waals surface area (Å²) >= 11 is 5.42. The molecule has 5 nitrogen and oxygen atoms in total. The summed E-state index contributed by atoms with van der Waals surface area (Å²) in [6.07, 6.45) is 0.598. The monoisotopic (exact) mass is 279 g/mol. The number of benzene rings is 1. The number of aromatic nitrogens is 2. The van der Waals surface area contributed by atoms with Crippen LogP contribution < -0.4 is 5.32 Å². The van der Waals surface area contributed by atoms with E-state index in [4.69, 9.17) is 16.1 Å². The second-order valence-electron chi connectivity index (χ2n) is 4.13. The normalized spacial score (nSPS) is 12.1. The number of carbonyl (C=O) groups is 1. The van der Waals surface area contributed by atoms with Crippen molar-refractivity contribution in [1.29, 1.82) is 0 Å². The van der Waals surface area contributed by atoms with Crippen LogP contribution in [0.5, 0.6) is 0 Å². The highest BCUT2D eigenvalue weighted by Crippen LogP contribution is 2.12. The summed E-state index contributed by atoms with van der Waals surface area (Å²) in [5.74, 6) is 0.615. The number of hydrogen-bond donors (Lipinski definition) is 1. The van der Waals surface area contributed by atoms with Gasteiger partial charge in [-0.05, 0) is 12.5 Å². The molecule has 100 valence electrons. The van der Waals surface area contributed by atoms with Crippen molar-refractivity contribution < 1.29 is 9.32 Å². The van der Waals surface area contributed by atoms with Crippen LogP contribution in [-0.4, -0.2) is 21.9 Å².